The fourth-order valence-corrected chi connectivity index (χ4v) is 1.34. The number of esters is 1. The summed E-state index contributed by atoms with van der Waals surface area (Å²) in [5.41, 5.74) is 0. The van der Waals surface area contributed by atoms with Gasteiger partial charge in [-0.15, -0.1) is 0 Å². The first kappa shape index (κ1) is 16.2. The second-order valence-electron chi connectivity index (χ2n) is 3.47. The zero-order valence-electron chi connectivity index (χ0n) is 9.41. The molecule has 2 atom stereocenters. The van der Waals surface area contributed by atoms with E-state index in [0.717, 1.165) is 6.26 Å². The average molecular weight is 285 g/mol. The predicted molar refractivity (Wildman–Crippen MR) is 63.4 cm³/mol. The minimum atomic E-state index is -3.53. The fourth-order valence-electron chi connectivity index (χ4n) is 0.737. The Labute approximate surface area is 105 Å². The minimum absolute atomic E-state index is 0.213. The van der Waals surface area contributed by atoms with Crippen molar-refractivity contribution in [1.29, 1.82) is 0 Å². The summed E-state index contributed by atoms with van der Waals surface area (Å²) in [6.07, 6.45) is -0.663. The Bertz CT molecular complexity index is 379. The number of nitrogens with one attached hydrogen (secondary N) is 1. The number of carboxylic acid groups (broad SMARTS) is 1. The van der Waals surface area contributed by atoms with Crippen molar-refractivity contribution in [2.45, 2.75) is 13.0 Å². The third-order valence-electron chi connectivity index (χ3n) is 1.74. The van der Waals surface area contributed by atoms with Gasteiger partial charge in [-0.05, 0) is 0 Å². The number of hydrogen-bond donors (Lipinski definition) is 3. The SMILES string of the molecule is C[C@H](CS)C(=O)O[C@H](CNS(C)(=O)=O)C(=O)O. The van der Waals surface area contributed by atoms with E-state index in [9.17, 15) is 18.0 Å². The molecule has 0 amide bonds. The molecular formula is C8H15NO6S2. The largest absolute Gasteiger partial charge is 0.478 e. The van der Waals surface area contributed by atoms with E-state index in [1.807, 2.05) is 4.72 Å². The number of ether oxygens (including phenoxy) is 1. The summed E-state index contributed by atoms with van der Waals surface area (Å²) in [4.78, 5) is 22.0. The van der Waals surface area contributed by atoms with Crippen molar-refractivity contribution in [1.82, 2.24) is 4.72 Å². The monoisotopic (exact) mass is 285 g/mol. The van der Waals surface area contributed by atoms with E-state index in [1.54, 1.807) is 0 Å². The zero-order valence-corrected chi connectivity index (χ0v) is 11.1. The normalized spacial score (nSPS) is 15.0. The molecule has 0 aliphatic heterocycles. The third-order valence-corrected chi connectivity index (χ3v) is 2.98. The van der Waals surface area contributed by atoms with Crippen LogP contribution in [0.15, 0.2) is 0 Å². The summed E-state index contributed by atoms with van der Waals surface area (Å²) >= 11 is 3.87. The Hall–Kier alpha value is -0.800. The Morgan fingerprint density at radius 2 is 2.00 bits per heavy atom. The molecule has 9 heteroatoms. The number of rotatable bonds is 7. The van der Waals surface area contributed by atoms with Gasteiger partial charge in [0.25, 0.3) is 0 Å². The van der Waals surface area contributed by atoms with Crippen LogP contribution in [0.1, 0.15) is 6.92 Å². The molecule has 0 spiro atoms. The van der Waals surface area contributed by atoms with E-state index in [1.165, 1.54) is 6.92 Å². The fraction of sp³-hybridized carbons (Fsp3) is 0.750. The number of carboxylic acids is 1. The summed E-state index contributed by atoms with van der Waals surface area (Å²) in [5, 5.41) is 8.74. The van der Waals surface area contributed by atoms with Crippen LogP contribution >= 0.6 is 12.6 Å². The highest BCUT2D eigenvalue weighted by molar-refractivity contribution is 7.88. The lowest BCUT2D eigenvalue weighted by molar-refractivity contribution is -0.165. The summed E-state index contributed by atoms with van der Waals surface area (Å²) in [6, 6.07) is 0. The molecule has 7 nitrogen and oxygen atoms in total. The summed E-state index contributed by atoms with van der Waals surface area (Å²) in [7, 11) is -3.53. The molecule has 0 saturated heterocycles. The molecule has 0 aromatic carbocycles. The zero-order chi connectivity index (χ0) is 13.6. The number of carbonyl (C=O) groups is 2. The number of sulfonamides is 1. The van der Waals surface area contributed by atoms with Crippen LogP contribution in [0.3, 0.4) is 0 Å². The highest BCUT2D eigenvalue weighted by atomic mass is 32.2. The predicted octanol–water partition coefficient (Wildman–Crippen LogP) is -0.902. The molecule has 0 bridgehead atoms. The van der Waals surface area contributed by atoms with Crippen molar-refractivity contribution < 1.29 is 27.9 Å². The minimum Gasteiger partial charge on any atom is -0.478 e. The maximum absolute atomic E-state index is 11.3. The molecule has 0 aliphatic rings. The maximum Gasteiger partial charge on any atom is 0.346 e. The quantitative estimate of drug-likeness (QED) is 0.413. The number of aliphatic carboxylic acids is 1. The number of hydrogen-bond acceptors (Lipinski definition) is 6. The van der Waals surface area contributed by atoms with Crippen molar-refractivity contribution in [3.05, 3.63) is 0 Å². The van der Waals surface area contributed by atoms with E-state index in [-0.39, 0.29) is 5.75 Å². The Morgan fingerprint density at radius 1 is 1.47 bits per heavy atom. The van der Waals surface area contributed by atoms with Gasteiger partial charge in [0, 0.05) is 5.75 Å². The van der Waals surface area contributed by atoms with Gasteiger partial charge >= 0.3 is 11.9 Å². The molecule has 100 valence electrons. The lowest BCUT2D eigenvalue weighted by atomic mass is 10.2. The molecule has 0 saturated carbocycles. The van der Waals surface area contributed by atoms with Gasteiger partial charge in [0.1, 0.15) is 0 Å². The van der Waals surface area contributed by atoms with Crippen molar-refractivity contribution in [2.75, 3.05) is 18.6 Å². The van der Waals surface area contributed by atoms with Crippen molar-refractivity contribution in [2.24, 2.45) is 5.92 Å². The second-order valence-corrected chi connectivity index (χ2v) is 5.67. The molecule has 0 aromatic heterocycles. The van der Waals surface area contributed by atoms with Crippen LogP contribution in [0.25, 0.3) is 0 Å². The lowest BCUT2D eigenvalue weighted by Crippen LogP contribution is -2.40. The molecule has 0 unspecified atom stereocenters. The Balaban J connectivity index is 4.46. The molecule has 17 heavy (non-hydrogen) atoms. The Morgan fingerprint density at radius 3 is 2.35 bits per heavy atom. The van der Waals surface area contributed by atoms with E-state index in [0.29, 0.717) is 0 Å². The molecular weight excluding hydrogens is 270 g/mol. The van der Waals surface area contributed by atoms with Gasteiger partial charge in [-0.1, -0.05) is 6.92 Å². The highest BCUT2D eigenvalue weighted by Gasteiger charge is 2.25. The first-order valence-electron chi connectivity index (χ1n) is 4.66. The van der Waals surface area contributed by atoms with E-state index < -0.39 is 40.5 Å². The van der Waals surface area contributed by atoms with Crippen molar-refractivity contribution in [3.63, 3.8) is 0 Å². The van der Waals surface area contributed by atoms with E-state index in [4.69, 9.17) is 5.11 Å². The van der Waals surface area contributed by atoms with Crippen LogP contribution in [0.2, 0.25) is 0 Å². The standard InChI is InChI=1S/C8H15NO6S2/c1-5(4-16)8(12)15-6(7(10)11)3-9-17(2,13)14/h5-6,9,16H,3-4H2,1-2H3,(H,10,11)/t5-,6-/m1/s1. The van der Waals surface area contributed by atoms with Crippen molar-refractivity contribution in [3.8, 4) is 0 Å². The summed E-state index contributed by atoms with van der Waals surface area (Å²) in [5.74, 6) is -2.49. The molecule has 2 N–H and O–H groups in total. The molecule has 0 aromatic rings. The molecule has 0 rings (SSSR count). The summed E-state index contributed by atoms with van der Waals surface area (Å²) in [6.45, 7) is 1.03. The van der Waals surface area contributed by atoms with Gasteiger partial charge in [0.2, 0.25) is 16.1 Å². The first-order chi connectivity index (χ1) is 7.67. The Kier molecular flexibility index (Phi) is 6.50. The molecule has 0 aliphatic carbocycles. The van der Waals surface area contributed by atoms with Gasteiger partial charge in [0.15, 0.2) is 0 Å². The van der Waals surface area contributed by atoms with Crippen LogP contribution in [0.5, 0.6) is 0 Å². The van der Waals surface area contributed by atoms with E-state index in [2.05, 4.69) is 17.4 Å². The number of carbonyl (C=O) groups excluding carboxylic acids is 1. The highest BCUT2D eigenvalue weighted by Crippen LogP contribution is 2.04. The summed E-state index contributed by atoms with van der Waals surface area (Å²) < 4.78 is 28.2. The maximum atomic E-state index is 11.3. The van der Waals surface area contributed by atoms with Gasteiger partial charge in [0.05, 0.1) is 18.7 Å². The average Bonchev–Trinajstić information content (AvgIpc) is 2.20. The van der Waals surface area contributed by atoms with Crippen LogP contribution in [0.4, 0.5) is 0 Å². The molecule has 0 radical (unpaired) electrons. The van der Waals surface area contributed by atoms with Gasteiger partial charge in [-0.25, -0.2) is 17.9 Å². The molecule has 0 heterocycles. The van der Waals surface area contributed by atoms with Gasteiger partial charge in [-0.2, -0.15) is 12.6 Å². The van der Waals surface area contributed by atoms with Gasteiger partial charge < -0.3 is 9.84 Å². The van der Waals surface area contributed by atoms with Crippen LogP contribution in [-0.2, 0) is 24.3 Å². The second kappa shape index (κ2) is 6.82. The lowest BCUT2D eigenvalue weighted by Gasteiger charge is -2.16. The van der Waals surface area contributed by atoms with Crippen LogP contribution in [-0.4, -0.2) is 50.1 Å². The molecule has 0 fully saturated rings. The van der Waals surface area contributed by atoms with Crippen molar-refractivity contribution >= 4 is 34.6 Å². The number of thiol groups is 1. The van der Waals surface area contributed by atoms with Crippen LogP contribution in [0, 0.1) is 5.92 Å². The smallest absolute Gasteiger partial charge is 0.346 e. The first-order valence-corrected chi connectivity index (χ1v) is 7.18. The topological polar surface area (TPSA) is 110 Å². The van der Waals surface area contributed by atoms with E-state index >= 15 is 0 Å². The third kappa shape index (κ3) is 7.18. The van der Waals surface area contributed by atoms with Gasteiger partial charge in [-0.3, -0.25) is 4.79 Å². The van der Waals surface area contributed by atoms with Crippen LogP contribution < -0.4 is 4.72 Å².